The van der Waals surface area contributed by atoms with Gasteiger partial charge in [-0.3, -0.25) is 14.7 Å². The molecule has 1 amide bonds. The van der Waals surface area contributed by atoms with Gasteiger partial charge >= 0.3 is 0 Å². The molecular formula is C27H19F2N3OS. The van der Waals surface area contributed by atoms with E-state index in [0.717, 1.165) is 15.3 Å². The van der Waals surface area contributed by atoms with E-state index in [9.17, 15) is 13.6 Å². The SMILES string of the molecule is Cc1cc(-c2ccc(CN(C(=O)c3cnc4ccccc4n3)c3ccccc3F)s2)ccc1F. The molecule has 34 heavy (non-hydrogen) atoms. The third-order valence-electron chi connectivity index (χ3n) is 5.47. The number of hydrogen-bond donors (Lipinski definition) is 0. The molecule has 0 saturated heterocycles. The minimum absolute atomic E-state index is 0.132. The second kappa shape index (κ2) is 9.11. The highest BCUT2D eigenvalue weighted by Crippen LogP contribution is 2.32. The van der Waals surface area contributed by atoms with Crippen LogP contribution in [-0.2, 0) is 6.54 Å². The maximum absolute atomic E-state index is 14.8. The highest BCUT2D eigenvalue weighted by Gasteiger charge is 2.23. The summed E-state index contributed by atoms with van der Waals surface area (Å²) in [5.74, 6) is -1.21. The van der Waals surface area contributed by atoms with Crippen molar-refractivity contribution in [2.45, 2.75) is 13.5 Å². The third-order valence-corrected chi connectivity index (χ3v) is 6.59. The Morgan fingerprint density at radius 3 is 2.47 bits per heavy atom. The van der Waals surface area contributed by atoms with E-state index >= 15 is 0 Å². The summed E-state index contributed by atoms with van der Waals surface area (Å²) in [7, 11) is 0. The van der Waals surface area contributed by atoms with Crippen LogP contribution in [0.15, 0.2) is 85.1 Å². The van der Waals surface area contributed by atoms with Crippen LogP contribution in [0.25, 0.3) is 21.5 Å². The molecule has 0 aliphatic carbocycles. The molecule has 5 rings (SSSR count). The number of rotatable bonds is 5. The Labute approximate surface area is 199 Å². The second-order valence-corrected chi connectivity index (χ2v) is 8.98. The monoisotopic (exact) mass is 471 g/mol. The van der Waals surface area contributed by atoms with Crippen molar-refractivity contribution in [3.8, 4) is 10.4 Å². The first-order valence-corrected chi connectivity index (χ1v) is 11.4. The molecule has 0 unspecified atom stereocenters. The highest BCUT2D eigenvalue weighted by molar-refractivity contribution is 7.15. The smallest absolute Gasteiger partial charge is 0.278 e. The average Bonchev–Trinajstić information content (AvgIpc) is 3.33. The van der Waals surface area contributed by atoms with Crippen LogP contribution >= 0.6 is 11.3 Å². The van der Waals surface area contributed by atoms with Crippen LogP contribution in [0.3, 0.4) is 0 Å². The van der Waals surface area contributed by atoms with Gasteiger partial charge in [-0.25, -0.2) is 13.8 Å². The molecule has 2 aromatic heterocycles. The van der Waals surface area contributed by atoms with Crippen LogP contribution in [-0.4, -0.2) is 15.9 Å². The summed E-state index contributed by atoms with van der Waals surface area (Å²) in [5, 5.41) is 0. The number of fused-ring (bicyclic) bond motifs is 1. The summed E-state index contributed by atoms with van der Waals surface area (Å²) < 4.78 is 28.4. The van der Waals surface area contributed by atoms with E-state index in [1.807, 2.05) is 30.3 Å². The quantitative estimate of drug-likeness (QED) is 0.283. The van der Waals surface area contributed by atoms with Gasteiger partial charge in [0.1, 0.15) is 17.3 Å². The normalized spacial score (nSPS) is 11.0. The minimum Gasteiger partial charge on any atom is -0.299 e. The molecule has 0 spiro atoms. The lowest BCUT2D eigenvalue weighted by Gasteiger charge is -2.22. The molecular weight excluding hydrogens is 452 g/mol. The van der Waals surface area contributed by atoms with Gasteiger partial charge in [0, 0.05) is 9.75 Å². The number of anilines is 1. The van der Waals surface area contributed by atoms with Crippen LogP contribution < -0.4 is 4.90 Å². The van der Waals surface area contributed by atoms with Gasteiger partial charge in [0.15, 0.2) is 0 Å². The maximum atomic E-state index is 14.8. The van der Waals surface area contributed by atoms with Gasteiger partial charge in [-0.2, -0.15) is 0 Å². The molecule has 7 heteroatoms. The molecule has 3 aromatic carbocycles. The van der Waals surface area contributed by atoms with Crippen molar-refractivity contribution in [3.05, 3.63) is 113 Å². The third kappa shape index (κ3) is 4.30. The van der Waals surface area contributed by atoms with E-state index in [1.54, 1.807) is 43.3 Å². The van der Waals surface area contributed by atoms with Crippen molar-refractivity contribution in [2.24, 2.45) is 0 Å². The number of amides is 1. The van der Waals surface area contributed by atoms with Crippen LogP contribution in [0.5, 0.6) is 0 Å². The Morgan fingerprint density at radius 2 is 1.68 bits per heavy atom. The topological polar surface area (TPSA) is 46.1 Å². The Balaban J connectivity index is 1.51. The maximum Gasteiger partial charge on any atom is 0.278 e. The van der Waals surface area contributed by atoms with Gasteiger partial charge in [0.25, 0.3) is 5.91 Å². The van der Waals surface area contributed by atoms with Gasteiger partial charge < -0.3 is 0 Å². The molecule has 4 nitrogen and oxygen atoms in total. The Hall–Kier alpha value is -3.97. The summed E-state index contributed by atoms with van der Waals surface area (Å²) in [6.07, 6.45) is 1.42. The molecule has 0 atom stereocenters. The Kier molecular flexibility index (Phi) is 5.86. The number of aromatic nitrogens is 2. The zero-order valence-corrected chi connectivity index (χ0v) is 19.0. The van der Waals surface area contributed by atoms with Crippen LogP contribution in [0.4, 0.5) is 14.5 Å². The number of carbonyl (C=O) groups is 1. The number of para-hydroxylation sites is 3. The van der Waals surface area contributed by atoms with E-state index in [4.69, 9.17) is 0 Å². The first-order chi connectivity index (χ1) is 16.5. The molecule has 0 fully saturated rings. The van der Waals surface area contributed by atoms with Gasteiger partial charge in [-0.05, 0) is 66.6 Å². The molecule has 168 valence electrons. The molecule has 5 aromatic rings. The van der Waals surface area contributed by atoms with Crippen molar-refractivity contribution < 1.29 is 13.6 Å². The van der Waals surface area contributed by atoms with Crippen LogP contribution in [0.2, 0.25) is 0 Å². The van der Waals surface area contributed by atoms with Crippen LogP contribution in [0, 0.1) is 18.6 Å². The van der Waals surface area contributed by atoms with E-state index in [0.29, 0.717) is 16.6 Å². The Morgan fingerprint density at radius 1 is 0.912 bits per heavy atom. The summed E-state index contributed by atoms with van der Waals surface area (Å²) in [6.45, 7) is 1.87. The van der Waals surface area contributed by atoms with Crippen molar-refractivity contribution in [3.63, 3.8) is 0 Å². The van der Waals surface area contributed by atoms with E-state index in [2.05, 4.69) is 9.97 Å². The van der Waals surface area contributed by atoms with Crippen molar-refractivity contribution in [1.82, 2.24) is 9.97 Å². The predicted octanol–water partition coefficient (Wildman–Crippen LogP) is 6.79. The average molecular weight is 472 g/mol. The zero-order chi connectivity index (χ0) is 23.7. The van der Waals surface area contributed by atoms with E-state index in [1.165, 1.54) is 34.6 Å². The van der Waals surface area contributed by atoms with E-state index < -0.39 is 11.7 Å². The molecule has 0 bridgehead atoms. The number of aryl methyl sites for hydroxylation is 1. The standard InChI is InChI=1S/C27H19F2N3OS/c1-17-14-18(10-12-20(17)28)26-13-11-19(34-26)16-32(25-9-5-2-6-21(25)29)27(33)24-15-30-22-7-3-4-8-23(22)31-24/h2-15H,16H2,1H3. The first-order valence-electron chi connectivity index (χ1n) is 10.6. The van der Waals surface area contributed by atoms with Crippen molar-refractivity contribution in [2.75, 3.05) is 4.90 Å². The minimum atomic E-state index is -0.504. The summed E-state index contributed by atoms with van der Waals surface area (Å²) >= 11 is 1.47. The molecule has 0 saturated carbocycles. The van der Waals surface area contributed by atoms with Gasteiger partial charge in [0.2, 0.25) is 0 Å². The number of thiophene rings is 1. The number of nitrogens with zero attached hydrogens (tertiary/aromatic N) is 3. The fraction of sp³-hybridized carbons (Fsp3) is 0.0741. The molecule has 0 N–H and O–H groups in total. The highest BCUT2D eigenvalue weighted by atomic mass is 32.1. The molecule has 0 aliphatic heterocycles. The van der Waals surface area contributed by atoms with Gasteiger partial charge in [0.05, 0.1) is 29.5 Å². The van der Waals surface area contributed by atoms with Crippen LogP contribution in [0.1, 0.15) is 20.9 Å². The van der Waals surface area contributed by atoms with Crippen molar-refractivity contribution >= 4 is 34.0 Å². The predicted molar refractivity (Wildman–Crippen MR) is 131 cm³/mol. The van der Waals surface area contributed by atoms with Gasteiger partial charge in [-0.1, -0.05) is 30.3 Å². The lowest BCUT2D eigenvalue weighted by atomic mass is 10.1. The number of carbonyl (C=O) groups excluding carboxylic acids is 1. The fourth-order valence-electron chi connectivity index (χ4n) is 3.71. The lowest BCUT2D eigenvalue weighted by Crippen LogP contribution is -2.31. The molecule has 2 heterocycles. The summed E-state index contributed by atoms with van der Waals surface area (Å²) in [5.41, 5.74) is 3.01. The van der Waals surface area contributed by atoms with Crippen molar-refractivity contribution in [1.29, 1.82) is 0 Å². The summed E-state index contributed by atoms with van der Waals surface area (Å²) in [4.78, 5) is 25.5. The Bertz CT molecular complexity index is 1520. The van der Waals surface area contributed by atoms with Gasteiger partial charge in [-0.15, -0.1) is 11.3 Å². The zero-order valence-electron chi connectivity index (χ0n) is 18.2. The second-order valence-electron chi connectivity index (χ2n) is 7.82. The number of hydrogen-bond acceptors (Lipinski definition) is 4. The number of halogens is 2. The fourth-order valence-corrected chi connectivity index (χ4v) is 4.70. The molecule has 0 aliphatic rings. The van der Waals surface area contributed by atoms with E-state index in [-0.39, 0.29) is 23.7 Å². The lowest BCUT2D eigenvalue weighted by molar-refractivity contribution is 0.0979. The first kappa shape index (κ1) is 21.9. The largest absolute Gasteiger partial charge is 0.299 e. The summed E-state index contributed by atoms with van der Waals surface area (Å²) in [6, 6.07) is 22.2. The number of benzene rings is 3. The molecule has 0 radical (unpaired) electrons.